The molecule has 1 aliphatic heterocycles. The summed E-state index contributed by atoms with van der Waals surface area (Å²) < 4.78 is 0.636. The van der Waals surface area contributed by atoms with Crippen LogP contribution >= 0.6 is 15.9 Å². The molecule has 0 bridgehead atoms. The van der Waals surface area contributed by atoms with Crippen LogP contribution in [0.25, 0.3) is 0 Å². The van der Waals surface area contributed by atoms with Gasteiger partial charge in [0.25, 0.3) is 5.91 Å². The number of carbonyl (C=O) groups is 1. The van der Waals surface area contributed by atoms with Gasteiger partial charge in [-0.15, -0.1) is 0 Å². The highest BCUT2D eigenvalue weighted by atomic mass is 79.9. The molecule has 1 atom stereocenters. The van der Waals surface area contributed by atoms with Gasteiger partial charge in [0, 0.05) is 12.2 Å². The van der Waals surface area contributed by atoms with E-state index in [4.69, 9.17) is 5.73 Å². The Morgan fingerprint density at radius 2 is 2.28 bits per heavy atom. The van der Waals surface area contributed by atoms with Gasteiger partial charge in [-0.1, -0.05) is 6.07 Å². The highest BCUT2D eigenvalue weighted by Gasteiger charge is 2.28. The number of piperidine rings is 1. The number of likely N-dealkylation sites (tertiary alicyclic amines) is 1. The van der Waals surface area contributed by atoms with E-state index in [2.05, 4.69) is 15.9 Å². The van der Waals surface area contributed by atoms with Gasteiger partial charge in [-0.25, -0.2) is 0 Å². The van der Waals surface area contributed by atoms with Crippen LogP contribution in [0.5, 0.6) is 0 Å². The Bertz CT molecular complexity index is 451. The molecule has 1 amide bonds. The van der Waals surface area contributed by atoms with Crippen molar-refractivity contribution in [1.82, 2.24) is 4.90 Å². The quantitative estimate of drug-likeness (QED) is 0.821. The summed E-state index contributed by atoms with van der Waals surface area (Å²) in [5.74, 6) is -0.0621. The van der Waals surface area contributed by atoms with Crippen molar-refractivity contribution in [1.29, 1.82) is 0 Å². The van der Waals surface area contributed by atoms with Gasteiger partial charge in [-0.2, -0.15) is 0 Å². The summed E-state index contributed by atoms with van der Waals surface area (Å²) >= 11 is 3.35. The molecule has 1 aliphatic rings. The predicted octanol–water partition coefficient (Wildman–Crippen LogP) is 2.02. The molecule has 1 saturated heterocycles. The lowest BCUT2D eigenvalue weighted by Crippen LogP contribution is -2.45. The molecule has 2 rings (SSSR count). The maximum atomic E-state index is 12.5. The second-order valence-corrected chi connectivity index (χ2v) is 5.33. The Balaban J connectivity index is 2.27. The molecule has 0 spiro atoms. The summed E-state index contributed by atoms with van der Waals surface area (Å²) in [6.07, 6.45) is 2.91. The molecule has 18 heavy (non-hydrogen) atoms. The molecule has 3 N–H and O–H groups in total. The van der Waals surface area contributed by atoms with E-state index in [0.29, 0.717) is 22.3 Å². The van der Waals surface area contributed by atoms with Crippen molar-refractivity contribution in [2.45, 2.75) is 25.3 Å². The fourth-order valence-corrected chi connectivity index (χ4v) is 2.76. The van der Waals surface area contributed by atoms with E-state index < -0.39 is 0 Å². The first kappa shape index (κ1) is 13.4. The van der Waals surface area contributed by atoms with Crippen molar-refractivity contribution < 1.29 is 9.90 Å². The fraction of sp³-hybridized carbons (Fsp3) is 0.462. The summed E-state index contributed by atoms with van der Waals surface area (Å²) in [4.78, 5) is 14.2. The zero-order chi connectivity index (χ0) is 13.1. The molecular weight excluding hydrogens is 296 g/mol. The van der Waals surface area contributed by atoms with Crippen LogP contribution in [-0.2, 0) is 0 Å². The number of nitrogens with two attached hydrogens (primary N) is 1. The first-order valence-corrected chi connectivity index (χ1v) is 6.90. The van der Waals surface area contributed by atoms with E-state index in [1.807, 2.05) is 0 Å². The van der Waals surface area contributed by atoms with Gasteiger partial charge in [0.1, 0.15) is 0 Å². The maximum absolute atomic E-state index is 12.5. The number of rotatable bonds is 2. The van der Waals surface area contributed by atoms with Crippen LogP contribution in [0.4, 0.5) is 5.69 Å². The van der Waals surface area contributed by atoms with E-state index in [0.717, 1.165) is 19.3 Å². The van der Waals surface area contributed by atoms with Gasteiger partial charge in [-0.05, 0) is 47.3 Å². The Morgan fingerprint density at radius 1 is 1.50 bits per heavy atom. The second-order valence-electron chi connectivity index (χ2n) is 4.54. The smallest absolute Gasteiger partial charge is 0.255 e. The molecule has 0 aliphatic carbocycles. The van der Waals surface area contributed by atoms with E-state index in [1.54, 1.807) is 23.1 Å². The van der Waals surface area contributed by atoms with Gasteiger partial charge in [-0.3, -0.25) is 4.79 Å². The number of nitrogen functional groups attached to an aromatic ring is 1. The molecule has 1 aromatic carbocycles. The normalized spacial score (nSPS) is 19.9. The Labute approximate surface area is 115 Å². The van der Waals surface area contributed by atoms with Crippen LogP contribution in [0.3, 0.4) is 0 Å². The highest BCUT2D eigenvalue weighted by molar-refractivity contribution is 9.10. The molecule has 0 saturated carbocycles. The zero-order valence-corrected chi connectivity index (χ0v) is 11.7. The maximum Gasteiger partial charge on any atom is 0.255 e. The summed E-state index contributed by atoms with van der Waals surface area (Å²) in [6.45, 7) is 0.719. The molecule has 98 valence electrons. The Hall–Kier alpha value is -1.07. The number of aliphatic hydroxyl groups excluding tert-OH is 1. The van der Waals surface area contributed by atoms with Crippen molar-refractivity contribution in [2.75, 3.05) is 18.9 Å². The summed E-state index contributed by atoms with van der Waals surface area (Å²) in [5, 5.41) is 9.35. The Kier molecular flexibility index (Phi) is 4.24. The van der Waals surface area contributed by atoms with Crippen LogP contribution in [0, 0.1) is 0 Å². The largest absolute Gasteiger partial charge is 0.398 e. The third kappa shape index (κ3) is 2.52. The molecule has 4 nitrogen and oxygen atoms in total. The number of halogens is 1. The van der Waals surface area contributed by atoms with Crippen LogP contribution < -0.4 is 5.73 Å². The van der Waals surface area contributed by atoms with Crippen molar-refractivity contribution in [3.8, 4) is 0 Å². The summed E-state index contributed by atoms with van der Waals surface area (Å²) in [5.41, 5.74) is 6.91. The topological polar surface area (TPSA) is 66.6 Å². The van der Waals surface area contributed by atoms with Gasteiger partial charge in [0.05, 0.1) is 22.7 Å². The Morgan fingerprint density at radius 3 is 3.00 bits per heavy atom. The lowest BCUT2D eigenvalue weighted by atomic mass is 10.0. The summed E-state index contributed by atoms with van der Waals surface area (Å²) in [7, 11) is 0. The number of nitrogens with zero attached hydrogens (tertiary/aromatic N) is 1. The second kappa shape index (κ2) is 5.71. The third-order valence-electron chi connectivity index (χ3n) is 3.36. The highest BCUT2D eigenvalue weighted by Crippen LogP contribution is 2.27. The van der Waals surface area contributed by atoms with Crippen molar-refractivity contribution in [3.63, 3.8) is 0 Å². The van der Waals surface area contributed by atoms with E-state index in [9.17, 15) is 9.90 Å². The molecule has 1 aromatic rings. The number of benzene rings is 1. The number of carbonyl (C=O) groups excluding carboxylic acids is 1. The fourth-order valence-electron chi connectivity index (χ4n) is 2.33. The third-order valence-corrected chi connectivity index (χ3v) is 4.24. The minimum Gasteiger partial charge on any atom is -0.398 e. The zero-order valence-electron chi connectivity index (χ0n) is 10.1. The number of amides is 1. The van der Waals surface area contributed by atoms with Gasteiger partial charge in [0.2, 0.25) is 0 Å². The van der Waals surface area contributed by atoms with Crippen molar-refractivity contribution in [2.24, 2.45) is 0 Å². The SMILES string of the molecule is Nc1cccc(C(=O)N2CCCCC2CO)c1Br. The number of hydrogen-bond donors (Lipinski definition) is 2. The molecular formula is C13H17BrN2O2. The molecule has 5 heteroatoms. The minimum absolute atomic E-state index is 0.0195. The molecule has 1 unspecified atom stereocenters. The molecule has 1 fully saturated rings. The lowest BCUT2D eigenvalue weighted by molar-refractivity contribution is 0.0502. The first-order chi connectivity index (χ1) is 8.65. The van der Waals surface area contributed by atoms with Crippen LogP contribution in [0.2, 0.25) is 0 Å². The average Bonchev–Trinajstić information content (AvgIpc) is 2.41. The minimum atomic E-state index is -0.0698. The van der Waals surface area contributed by atoms with E-state index >= 15 is 0 Å². The average molecular weight is 313 g/mol. The van der Waals surface area contributed by atoms with Crippen molar-refractivity contribution >= 4 is 27.5 Å². The predicted molar refractivity (Wildman–Crippen MR) is 74.3 cm³/mol. The van der Waals surface area contributed by atoms with Gasteiger partial charge >= 0.3 is 0 Å². The number of hydrogen-bond acceptors (Lipinski definition) is 3. The standard InChI is InChI=1S/C13H17BrN2O2/c14-12-10(5-3-6-11(12)15)13(18)16-7-2-1-4-9(16)8-17/h3,5-6,9,17H,1-2,4,7-8,15H2. The molecule has 1 heterocycles. The van der Waals surface area contributed by atoms with Crippen LogP contribution in [0.15, 0.2) is 22.7 Å². The number of aliphatic hydroxyl groups is 1. The van der Waals surface area contributed by atoms with Gasteiger partial charge < -0.3 is 15.7 Å². The van der Waals surface area contributed by atoms with E-state index in [1.165, 1.54) is 0 Å². The van der Waals surface area contributed by atoms with Crippen LogP contribution in [0.1, 0.15) is 29.6 Å². The summed E-state index contributed by atoms with van der Waals surface area (Å²) in [6, 6.07) is 5.21. The van der Waals surface area contributed by atoms with Crippen LogP contribution in [-0.4, -0.2) is 35.1 Å². The van der Waals surface area contributed by atoms with E-state index in [-0.39, 0.29) is 18.6 Å². The lowest BCUT2D eigenvalue weighted by Gasteiger charge is -2.35. The van der Waals surface area contributed by atoms with Gasteiger partial charge in [0.15, 0.2) is 0 Å². The number of anilines is 1. The molecule has 0 aromatic heterocycles. The monoisotopic (exact) mass is 312 g/mol. The first-order valence-electron chi connectivity index (χ1n) is 6.11. The van der Waals surface area contributed by atoms with Crippen molar-refractivity contribution in [3.05, 3.63) is 28.2 Å². The molecule has 0 radical (unpaired) electrons.